The fraction of sp³-hybridized carbons (Fsp3) is 0.471. The van der Waals surface area contributed by atoms with E-state index in [0.29, 0.717) is 5.92 Å². The highest BCUT2D eigenvalue weighted by atomic mass is 16.3. The second-order valence-corrected chi connectivity index (χ2v) is 5.29. The molecular weight excluding hydrogens is 248 g/mol. The van der Waals surface area contributed by atoms with Crippen LogP contribution in [-0.2, 0) is 6.54 Å². The Balaban J connectivity index is 1.95. The van der Waals surface area contributed by atoms with E-state index in [0.717, 1.165) is 25.0 Å². The molecule has 1 heterocycles. The Morgan fingerprint density at radius 2 is 2.05 bits per heavy atom. The first-order valence-electron chi connectivity index (χ1n) is 7.49. The van der Waals surface area contributed by atoms with Crippen molar-refractivity contribution in [2.24, 2.45) is 5.92 Å². The summed E-state index contributed by atoms with van der Waals surface area (Å²) in [7, 11) is 0. The number of aliphatic hydroxyl groups excluding tert-OH is 1. The lowest BCUT2D eigenvalue weighted by atomic mass is 10.00. The number of aliphatic hydroxyl groups is 1. The van der Waals surface area contributed by atoms with Crippen LogP contribution in [0.15, 0.2) is 36.5 Å². The minimum atomic E-state index is 0.280. The monoisotopic (exact) mass is 272 g/mol. The Bertz CT molecular complexity index is 516. The molecule has 0 aliphatic carbocycles. The molecule has 1 aromatic heterocycles. The number of pyridine rings is 1. The first-order valence-corrected chi connectivity index (χ1v) is 7.49. The molecule has 0 amide bonds. The second-order valence-electron chi connectivity index (χ2n) is 5.29. The van der Waals surface area contributed by atoms with Gasteiger partial charge in [0.2, 0.25) is 0 Å². The molecule has 0 radical (unpaired) electrons. The molecular formula is C17H24N2O. The Kier molecular flexibility index (Phi) is 5.96. The molecule has 20 heavy (non-hydrogen) atoms. The molecule has 2 N–H and O–H groups in total. The van der Waals surface area contributed by atoms with E-state index in [1.54, 1.807) is 0 Å². The van der Waals surface area contributed by atoms with E-state index in [9.17, 15) is 0 Å². The van der Waals surface area contributed by atoms with Gasteiger partial charge in [0.15, 0.2) is 0 Å². The van der Waals surface area contributed by atoms with Crippen molar-refractivity contribution in [1.82, 2.24) is 10.3 Å². The SMILES string of the molecule is CCCC(CCO)CNCc1cccc2cccnc12. The van der Waals surface area contributed by atoms with Crippen LogP contribution >= 0.6 is 0 Å². The van der Waals surface area contributed by atoms with E-state index in [1.165, 1.54) is 23.8 Å². The predicted octanol–water partition coefficient (Wildman–Crippen LogP) is 3.12. The van der Waals surface area contributed by atoms with Gasteiger partial charge in [-0.05, 0) is 36.9 Å². The Hall–Kier alpha value is -1.45. The largest absolute Gasteiger partial charge is 0.396 e. The number of nitrogens with one attached hydrogen (secondary N) is 1. The number of hydrogen-bond acceptors (Lipinski definition) is 3. The zero-order valence-electron chi connectivity index (χ0n) is 12.2. The van der Waals surface area contributed by atoms with Gasteiger partial charge in [-0.1, -0.05) is 37.6 Å². The lowest BCUT2D eigenvalue weighted by Gasteiger charge is -2.16. The second kappa shape index (κ2) is 7.98. The van der Waals surface area contributed by atoms with Crippen LogP contribution in [0.25, 0.3) is 10.9 Å². The van der Waals surface area contributed by atoms with Crippen LogP contribution in [0.5, 0.6) is 0 Å². The van der Waals surface area contributed by atoms with Gasteiger partial charge in [-0.2, -0.15) is 0 Å². The quantitative estimate of drug-likeness (QED) is 0.776. The van der Waals surface area contributed by atoms with E-state index < -0.39 is 0 Å². The number of rotatable bonds is 8. The summed E-state index contributed by atoms with van der Waals surface area (Å²) in [5.74, 6) is 0.563. The maximum absolute atomic E-state index is 9.08. The Labute approximate surface area is 121 Å². The molecule has 0 saturated heterocycles. The maximum Gasteiger partial charge on any atom is 0.0746 e. The van der Waals surface area contributed by atoms with Gasteiger partial charge in [-0.25, -0.2) is 0 Å². The third-order valence-corrected chi connectivity index (χ3v) is 3.70. The minimum absolute atomic E-state index is 0.280. The van der Waals surface area contributed by atoms with Crippen LogP contribution in [0.1, 0.15) is 31.7 Å². The van der Waals surface area contributed by atoms with Crippen molar-refractivity contribution in [3.8, 4) is 0 Å². The standard InChI is InChI=1S/C17H24N2O/c1-2-5-14(9-11-20)12-18-13-16-7-3-6-15-8-4-10-19-17(15)16/h3-4,6-8,10,14,18,20H,2,5,9,11-13H2,1H3. The normalized spacial score (nSPS) is 12.7. The molecule has 0 aliphatic heterocycles. The van der Waals surface area contributed by atoms with Crippen molar-refractivity contribution in [3.05, 3.63) is 42.1 Å². The van der Waals surface area contributed by atoms with Gasteiger partial charge in [-0.15, -0.1) is 0 Å². The molecule has 0 aliphatic rings. The van der Waals surface area contributed by atoms with E-state index in [4.69, 9.17) is 5.11 Å². The molecule has 1 aromatic carbocycles. The molecule has 1 unspecified atom stereocenters. The fourth-order valence-corrected chi connectivity index (χ4v) is 2.66. The Morgan fingerprint density at radius 1 is 1.20 bits per heavy atom. The van der Waals surface area contributed by atoms with Gasteiger partial charge in [0, 0.05) is 24.7 Å². The summed E-state index contributed by atoms with van der Waals surface area (Å²) in [5, 5.41) is 13.8. The summed E-state index contributed by atoms with van der Waals surface area (Å²) in [6.07, 6.45) is 5.07. The molecule has 3 nitrogen and oxygen atoms in total. The molecule has 0 bridgehead atoms. The number of fused-ring (bicyclic) bond motifs is 1. The van der Waals surface area contributed by atoms with Crippen molar-refractivity contribution in [3.63, 3.8) is 0 Å². The van der Waals surface area contributed by atoms with Gasteiger partial charge in [0.25, 0.3) is 0 Å². The highest BCUT2D eigenvalue weighted by molar-refractivity contribution is 5.81. The van der Waals surface area contributed by atoms with Crippen molar-refractivity contribution in [2.75, 3.05) is 13.2 Å². The average molecular weight is 272 g/mol. The van der Waals surface area contributed by atoms with Crippen LogP contribution < -0.4 is 5.32 Å². The van der Waals surface area contributed by atoms with Gasteiger partial charge >= 0.3 is 0 Å². The third-order valence-electron chi connectivity index (χ3n) is 3.70. The number of para-hydroxylation sites is 1. The predicted molar refractivity (Wildman–Crippen MR) is 83.6 cm³/mol. The molecule has 0 fully saturated rings. The van der Waals surface area contributed by atoms with Crippen molar-refractivity contribution < 1.29 is 5.11 Å². The van der Waals surface area contributed by atoms with E-state index in [1.807, 2.05) is 12.3 Å². The number of hydrogen-bond donors (Lipinski definition) is 2. The fourth-order valence-electron chi connectivity index (χ4n) is 2.66. The van der Waals surface area contributed by atoms with Crippen LogP contribution in [0.3, 0.4) is 0 Å². The maximum atomic E-state index is 9.08. The van der Waals surface area contributed by atoms with Crippen LogP contribution in [-0.4, -0.2) is 23.2 Å². The lowest BCUT2D eigenvalue weighted by Crippen LogP contribution is -2.23. The van der Waals surface area contributed by atoms with Crippen LogP contribution in [0.4, 0.5) is 0 Å². The molecule has 0 spiro atoms. The zero-order valence-corrected chi connectivity index (χ0v) is 12.2. The number of benzene rings is 1. The van der Waals surface area contributed by atoms with Crippen LogP contribution in [0.2, 0.25) is 0 Å². The highest BCUT2D eigenvalue weighted by Crippen LogP contribution is 2.16. The molecule has 3 heteroatoms. The van der Waals surface area contributed by atoms with Crippen molar-refractivity contribution in [1.29, 1.82) is 0 Å². The third kappa shape index (κ3) is 4.02. The van der Waals surface area contributed by atoms with Crippen molar-refractivity contribution >= 4 is 10.9 Å². The molecule has 108 valence electrons. The first-order chi connectivity index (χ1) is 9.85. The van der Waals surface area contributed by atoms with E-state index in [2.05, 4.69) is 41.5 Å². The van der Waals surface area contributed by atoms with Gasteiger partial charge in [0.1, 0.15) is 0 Å². The number of nitrogens with zero attached hydrogens (tertiary/aromatic N) is 1. The Morgan fingerprint density at radius 3 is 2.85 bits per heavy atom. The molecule has 2 rings (SSSR count). The lowest BCUT2D eigenvalue weighted by molar-refractivity contribution is 0.248. The summed E-state index contributed by atoms with van der Waals surface area (Å²) >= 11 is 0. The van der Waals surface area contributed by atoms with E-state index >= 15 is 0 Å². The molecule has 0 saturated carbocycles. The van der Waals surface area contributed by atoms with Gasteiger partial charge < -0.3 is 10.4 Å². The summed E-state index contributed by atoms with van der Waals surface area (Å²) < 4.78 is 0. The summed E-state index contributed by atoms with van der Waals surface area (Å²) in [6.45, 7) is 4.26. The molecule has 2 aromatic rings. The van der Waals surface area contributed by atoms with Gasteiger partial charge in [0.05, 0.1) is 5.52 Å². The number of aromatic nitrogens is 1. The summed E-state index contributed by atoms with van der Waals surface area (Å²) in [4.78, 5) is 4.47. The smallest absolute Gasteiger partial charge is 0.0746 e. The highest BCUT2D eigenvalue weighted by Gasteiger charge is 2.07. The van der Waals surface area contributed by atoms with Crippen LogP contribution in [0, 0.1) is 5.92 Å². The average Bonchev–Trinajstić information content (AvgIpc) is 2.48. The summed E-state index contributed by atoms with van der Waals surface area (Å²) in [6, 6.07) is 10.4. The topological polar surface area (TPSA) is 45.1 Å². The zero-order chi connectivity index (χ0) is 14.2. The van der Waals surface area contributed by atoms with Gasteiger partial charge in [-0.3, -0.25) is 4.98 Å². The van der Waals surface area contributed by atoms with E-state index in [-0.39, 0.29) is 6.61 Å². The molecule has 1 atom stereocenters. The van der Waals surface area contributed by atoms with Crippen molar-refractivity contribution in [2.45, 2.75) is 32.7 Å². The first kappa shape index (κ1) is 14.9. The minimum Gasteiger partial charge on any atom is -0.396 e. The summed E-state index contributed by atoms with van der Waals surface area (Å²) in [5.41, 5.74) is 2.32.